The van der Waals surface area contributed by atoms with Gasteiger partial charge in [0.25, 0.3) is 5.91 Å². The van der Waals surface area contributed by atoms with Gasteiger partial charge in [0.2, 0.25) is 0 Å². The van der Waals surface area contributed by atoms with Gasteiger partial charge in [-0.3, -0.25) is 4.79 Å². The summed E-state index contributed by atoms with van der Waals surface area (Å²) in [5, 5.41) is 13.5. The Balaban J connectivity index is 2.63. The number of nitrogens with one attached hydrogen (secondary N) is 1. The Bertz CT molecular complexity index is 403. The molecule has 2 N–H and O–H groups in total. The standard InChI is InChI=1S/C17H27NO2/c1-4-5-11-17(20,12-14(2)3)16(19)18-13-15-9-7-6-8-10-15/h6-10,14,20H,4-5,11-13H2,1-3H3,(H,18,19). The van der Waals surface area contributed by atoms with Gasteiger partial charge in [-0.2, -0.15) is 0 Å². The molecule has 0 saturated heterocycles. The third-order valence-corrected chi connectivity index (χ3v) is 3.41. The van der Waals surface area contributed by atoms with Crippen LogP contribution < -0.4 is 5.32 Å². The van der Waals surface area contributed by atoms with Crippen molar-refractivity contribution in [2.24, 2.45) is 5.92 Å². The van der Waals surface area contributed by atoms with Crippen LogP contribution in [0, 0.1) is 5.92 Å². The van der Waals surface area contributed by atoms with E-state index in [1.165, 1.54) is 0 Å². The molecule has 0 fully saturated rings. The average Bonchev–Trinajstić information content (AvgIpc) is 2.43. The fourth-order valence-corrected chi connectivity index (χ4v) is 2.40. The number of benzene rings is 1. The Hall–Kier alpha value is -1.35. The highest BCUT2D eigenvalue weighted by molar-refractivity contribution is 5.84. The predicted octanol–water partition coefficient (Wildman–Crippen LogP) is 3.27. The molecule has 0 saturated carbocycles. The van der Waals surface area contributed by atoms with Gasteiger partial charge in [-0.1, -0.05) is 63.9 Å². The molecule has 0 heterocycles. The Morgan fingerprint density at radius 3 is 2.50 bits per heavy atom. The number of aliphatic hydroxyl groups is 1. The molecule has 0 radical (unpaired) electrons. The lowest BCUT2D eigenvalue weighted by atomic mass is 9.87. The second-order valence-electron chi connectivity index (χ2n) is 5.90. The lowest BCUT2D eigenvalue weighted by molar-refractivity contribution is -0.142. The summed E-state index contributed by atoms with van der Waals surface area (Å²) < 4.78 is 0. The average molecular weight is 277 g/mol. The van der Waals surface area contributed by atoms with E-state index in [-0.39, 0.29) is 5.91 Å². The van der Waals surface area contributed by atoms with Crippen LogP contribution in [0.3, 0.4) is 0 Å². The van der Waals surface area contributed by atoms with Crippen molar-refractivity contribution in [1.82, 2.24) is 5.32 Å². The van der Waals surface area contributed by atoms with Crippen LogP contribution in [-0.2, 0) is 11.3 Å². The van der Waals surface area contributed by atoms with E-state index in [0.717, 1.165) is 18.4 Å². The summed E-state index contributed by atoms with van der Waals surface area (Å²) in [5.74, 6) is 0.0443. The van der Waals surface area contributed by atoms with Gasteiger partial charge in [0.05, 0.1) is 0 Å². The first-order chi connectivity index (χ1) is 9.48. The summed E-state index contributed by atoms with van der Waals surface area (Å²) in [6.45, 7) is 6.59. The van der Waals surface area contributed by atoms with Crippen LogP contribution >= 0.6 is 0 Å². The van der Waals surface area contributed by atoms with Gasteiger partial charge < -0.3 is 10.4 Å². The first-order valence-electron chi connectivity index (χ1n) is 7.52. The molecule has 1 aromatic carbocycles. The lowest BCUT2D eigenvalue weighted by Gasteiger charge is -2.28. The van der Waals surface area contributed by atoms with E-state index in [1.54, 1.807) is 0 Å². The van der Waals surface area contributed by atoms with Crippen LogP contribution in [0.2, 0.25) is 0 Å². The third-order valence-electron chi connectivity index (χ3n) is 3.41. The molecule has 1 rings (SSSR count). The highest BCUT2D eigenvalue weighted by Gasteiger charge is 2.35. The van der Waals surface area contributed by atoms with Gasteiger partial charge in [-0.15, -0.1) is 0 Å². The molecular weight excluding hydrogens is 250 g/mol. The molecule has 20 heavy (non-hydrogen) atoms. The predicted molar refractivity (Wildman–Crippen MR) is 82.2 cm³/mol. The summed E-state index contributed by atoms with van der Waals surface area (Å²) in [4.78, 5) is 12.3. The van der Waals surface area contributed by atoms with Crippen molar-refractivity contribution in [3.8, 4) is 0 Å². The molecule has 1 atom stereocenters. The maximum Gasteiger partial charge on any atom is 0.252 e. The van der Waals surface area contributed by atoms with E-state index in [9.17, 15) is 9.90 Å². The fraction of sp³-hybridized carbons (Fsp3) is 0.588. The topological polar surface area (TPSA) is 49.3 Å². The monoisotopic (exact) mass is 277 g/mol. The summed E-state index contributed by atoms with van der Waals surface area (Å²) in [6, 6.07) is 9.76. The van der Waals surface area contributed by atoms with Gasteiger partial charge in [0.1, 0.15) is 5.60 Å². The number of carbonyl (C=O) groups excluding carboxylic acids is 1. The van der Waals surface area contributed by atoms with Gasteiger partial charge in [0.15, 0.2) is 0 Å². The van der Waals surface area contributed by atoms with Gasteiger partial charge in [0, 0.05) is 6.54 Å². The zero-order valence-corrected chi connectivity index (χ0v) is 12.9. The van der Waals surface area contributed by atoms with Crippen molar-refractivity contribution < 1.29 is 9.90 Å². The van der Waals surface area contributed by atoms with Crippen LogP contribution in [0.4, 0.5) is 0 Å². The van der Waals surface area contributed by atoms with E-state index in [1.807, 2.05) is 44.2 Å². The number of carbonyl (C=O) groups is 1. The summed E-state index contributed by atoms with van der Waals surface area (Å²) >= 11 is 0. The molecular formula is C17H27NO2. The molecule has 0 aliphatic rings. The molecule has 1 amide bonds. The molecule has 0 aliphatic heterocycles. The minimum absolute atomic E-state index is 0.247. The molecule has 0 aliphatic carbocycles. The van der Waals surface area contributed by atoms with Crippen molar-refractivity contribution in [2.75, 3.05) is 0 Å². The van der Waals surface area contributed by atoms with Gasteiger partial charge in [-0.05, 0) is 24.3 Å². The summed E-state index contributed by atoms with van der Waals surface area (Å²) in [7, 11) is 0. The number of hydrogen-bond donors (Lipinski definition) is 2. The highest BCUT2D eigenvalue weighted by atomic mass is 16.3. The molecule has 0 aromatic heterocycles. The zero-order chi connectivity index (χ0) is 15.0. The van der Waals surface area contributed by atoms with Crippen molar-refractivity contribution in [1.29, 1.82) is 0 Å². The Labute approximate surface area is 122 Å². The summed E-state index contributed by atoms with van der Waals surface area (Å²) in [6.07, 6.45) is 2.88. The van der Waals surface area contributed by atoms with Crippen molar-refractivity contribution in [3.63, 3.8) is 0 Å². The van der Waals surface area contributed by atoms with Crippen molar-refractivity contribution in [2.45, 2.75) is 58.6 Å². The third kappa shape index (κ3) is 5.33. The first kappa shape index (κ1) is 16.7. The minimum Gasteiger partial charge on any atom is -0.380 e. The Kier molecular flexibility index (Phi) is 6.73. The maximum absolute atomic E-state index is 12.3. The smallest absolute Gasteiger partial charge is 0.252 e. The molecule has 1 unspecified atom stereocenters. The number of amides is 1. The second-order valence-corrected chi connectivity index (χ2v) is 5.90. The fourth-order valence-electron chi connectivity index (χ4n) is 2.40. The van der Waals surface area contributed by atoms with Crippen LogP contribution in [0.25, 0.3) is 0 Å². The molecule has 0 spiro atoms. The van der Waals surface area contributed by atoms with Crippen molar-refractivity contribution >= 4 is 5.91 Å². The lowest BCUT2D eigenvalue weighted by Crippen LogP contribution is -2.47. The van der Waals surface area contributed by atoms with E-state index < -0.39 is 5.60 Å². The van der Waals surface area contributed by atoms with Gasteiger partial charge in [-0.25, -0.2) is 0 Å². The number of hydrogen-bond acceptors (Lipinski definition) is 2. The molecule has 112 valence electrons. The van der Waals surface area contributed by atoms with E-state index in [2.05, 4.69) is 12.2 Å². The van der Waals surface area contributed by atoms with Crippen LogP contribution in [-0.4, -0.2) is 16.6 Å². The highest BCUT2D eigenvalue weighted by Crippen LogP contribution is 2.23. The zero-order valence-electron chi connectivity index (χ0n) is 12.9. The van der Waals surface area contributed by atoms with Crippen molar-refractivity contribution in [3.05, 3.63) is 35.9 Å². The largest absolute Gasteiger partial charge is 0.380 e. The van der Waals surface area contributed by atoms with Crippen LogP contribution in [0.5, 0.6) is 0 Å². The Morgan fingerprint density at radius 2 is 1.95 bits per heavy atom. The molecule has 3 nitrogen and oxygen atoms in total. The molecule has 0 bridgehead atoms. The quantitative estimate of drug-likeness (QED) is 0.766. The van der Waals surface area contributed by atoms with E-state index in [4.69, 9.17) is 0 Å². The first-order valence-corrected chi connectivity index (χ1v) is 7.52. The summed E-state index contributed by atoms with van der Waals surface area (Å²) in [5.41, 5.74) is -0.192. The molecule has 1 aromatic rings. The maximum atomic E-state index is 12.3. The van der Waals surface area contributed by atoms with E-state index in [0.29, 0.717) is 25.3 Å². The number of unbranched alkanes of at least 4 members (excludes halogenated alkanes) is 1. The normalized spacial score (nSPS) is 14.1. The second kappa shape index (κ2) is 8.05. The van der Waals surface area contributed by atoms with Gasteiger partial charge >= 0.3 is 0 Å². The van der Waals surface area contributed by atoms with Crippen LogP contribution in [0.15, 0.2) is 30.3 Å². The SMILES string of the molecule is CCCCC(O)(CC(C)C)C(=O)NCc1ccccc1. The number of rotatable bonds is 8. The molecule has 3 heteroatoms. The Morgan fingerprint density at radius 1 is 1.30 bits per heavy atom. The van der Waals surface area contributed by atoms with Crippen LogP contribution in [0.1, 0.15) is 52.0 Å². The van der Waals surface area contributed by atoms with E-state index >= 15 is 0 Å². The minimum atomic E-state index is -1.24.